The van der Waals surface area contributed by atoms with Crippen molar-refractivity contribution in [3.8, 4) is 5.75 Å². The van der Waals surface area contributed by atoms with Gasteiger partial charge in [-0.3, -0.25) is 14.2 Å². The Kier molecular flexibility index (Phi) is 7.24. The molecule has 4 aromatic rings. The molecule has 0 fully saturated rings. The van der Waals surface area contributed by atoms with Crippen molar-refractivity contribution in [2.45, 2.75) is 33.2 Å². The lowest BCUT2D eigenvalue weighted by Gasteiger charge is -2.39. The first-order valence-corrected chi connectivity index (χ1v) is 15.2. The molecule has 3 aromatic carbocycles. The summed E-state index contributed by atoms with van der Waals surface area (Å²) in [7, 11) is 0. The highest BCUT2D eigenvalue weighted by molar-refractivity contribution is 7.95. The zero-order valence-electron chi connectivity index (χ0n) is 24.2. The Labute approximate surface area is 249 Å². The van der Waals surface area contributed by atoms with E-state index in [-0.39, 0.29) is 11.5 Å². The summed E-state index contributed by atoms with van der Waals surface area (Å²) in [5.74, 6) is 0.659. The number of fused-ring (bicyclic) bond motifs is 5. The van der Waals surface area contributed by atoms with Gasteiger partial charge in [-0.2, -0.15) is 0 Å². The third kappa shape index (κ3) is 4.18. The van der Waals surface area contributed by atoms with Crippen LogP contribution in [-0.2, 0) is 5.54 Å². The van der Waals surface area contributed by atoms with Gasteiger partial charge in [0.1, 0.15) is 28.2 Å². The number of anilines is 2. The van der Waals surface area contributed by atoms with Gasteiger partial charge in [-0.1, -0.05) is 24.3 Å². The maximum absolute atomic E-state index is 13.7. The summed E-state index contributed by atoms with van der Waals surface area (Å²) in [5, 5.41) is 6.97. The van der Waals surface area contributed by atoms with Crippen molar-refractivity contribution in [1.82, 2.24) is 4.31 Å². The number of amides is 1. The minimum Gasteiger partial charge on any atom is -0.456 e. The minimum absolute atomic E-state index is 0.205. The predicted octanol–water partition coefficient (Wildman–Crippen LogP) is 6.14. The summed E-state index contributed by atoms with van der Waals surface area (Å²) in [4.78, 5) is 31.7. The third-order valence-electron chi connectivity index (χ3n) is 8.36. The summed E-state index contributed by atoms with van der Waals surface area (Å²) in [6.07, 6.45) is 1.83. The van der Waals surface area contributed by atoms with Crippen LogP contribution in [0.15, 0.2) is 82.0 Å². The van der Waals surface area contributed by atoms with Crippen LogP contribution in [0.25, 0.3) is 16.7 Å². The molecule has 2 aliphatic rings. The van der Waals surface area contributed by atoms with Crippen LogP contribution >= 0.6 is 12.1 Å². The molecule has 0 radical (unpaired) electrons. The van der Waals surface area contributed by atoms with Crippen molar-refractivity contribution in [3.63, 3.8) is 0 Å². The lowest BCUT2D eigenvalue weighted by Crippen LogP contribution is -2.42. The van der Waals surface area contributed by atoms with E-state index in [1.807, 2.05) is 60.7 Å². The van der Waals surface area contributed by atoms with Gasteiger partial charge in [0.2, 0.25) is 0 Å². The second kappa shape index (κ2) is 10.9. The Morgan fingerprint density at radius 3 is 2.17 bits per heavy atom. The van der Waals surface area contributed by atoms with E-state index in [0.717, 1.165) is 66.2 Å². The van der Waals surface area contributed by atoms with Crippen LogP contribution in [0, 0.1) is 0 Å². The molecule has 1 atom stereocenters. The Hall–Kier alpha value is -4.21. The number of hydrogen-bond acceptors (Lipinski definition) is 8. The maximum Gasteiger partial charge on any atom is 0.347 e. The third-order valence-corrected chi connectivity index (χ3v) is 9.02. The lowest BCUT2D eigenvalue weighted by atomic mass is 9.80. The largest absolute Gasteiger partial charge is 0.456 e. The van der Waals surface area contributed by atoms with Gasteiger partial charge in [-0.15, -0.1) is 0 Å². The van der Waals surface area contributed by atoms with Crippen LogP contribution in [0.3, 0.4) is 0 Å². The van der Waals surface area contributed by atoms with Gasteiger partial charge in [0, 0.05) is 83.9 Å². The molecule has 3 heterocycles. The second-order valence-corrected chi connectivity index (χ2v) is 10.9. The molecule has 0 aliphatic carbocycles. The van der Waals surface area contributed by atoms with Crippen LogP contribution in [-0.4, -0.2) is 36.4 Å². The first kappa shape index (κ1) is 27.9. The van der Waals surface area contributed by atoms with Crippen molar-refractivity contribution in [2.24, 2.45) is 5.14 Å². The van der Waals surface area contributed by atoms with Crippen LogP contribution in [0.5, 0.6) is 5.75 Å². The van der Waals surface area contributed by atoms with Gasteiger partial charge in [0.15, 0.2) is 0 Å². The Morgan fingerprint density at radius 1 is 0.810 bits per heavy atom. The first-order valence-electron chi connectivity index (χ1n) is 14.3. The van der Waals surface area contributed by atoms with Crippen LogP contribution in [0.2, 0.25) is 0 Å². The van der Waals surface area contributed by atoms with Crippen LogP contribution < -0.4 is 25.3 Å². The van der Waals surface area contributed by atoms with E-state index in [1.165, 1.54) is 0 Å². The molecule has 8 nitrogen and oxygen atoms in total. The smallest absolute Gasteiger partial charge is 0.347 e. The quantitative estimate of drug-likeness (QED) is 0.196. The normalized spacial score (nSPS) is 17.2. The molecule has 42 heavy (non-hydrogen) atoms. The number of nitrogens with zero attached hydrogens (tertiary/aromatic N) is 3. The number of carbonyl (C=O) groups excluding carboxylic acids is 1. The molecule has 6 rings (SSSR count). The molecule has 0 saturated carbocycles. The molecule has 9 heteroatoms. The van der Waals surface area contributed by atoms with Gasteiger partial charge in [-0.05, 0) is 64.1 Å². The summed E-state index contributed by atoms with van der Waals surface area (Å²) in [6, 6.07) is 21.2. The van der Waals surface area contributed by atoms with Gasteiger partial charge in [-0.25, -0.2) is 4.79 Å². The van der Waals surface area contributed by atoms with E-state index >= 15 is 0 Å². The van der Waals surface area contributed by atoms with E-state index in [9.17, 15) is 9.59 Å². The van der Waals surface area contributed by atoms with Crippen molar-refractivity contribution in [3.05, 3.63) is 105 Å². The highest BCUT2D eigenvalue weighted by Gasteiger charge is 2.53. The zero-order valence-corrected chi connectivity index (χ0v) is 25.0. The van der Waals surface area contributed by atoms with E-state index in [1.54, 1.807) is 16.4 Å². The average molecular weight is 583 g/mol. The number of nitrogens with two attached hydrogens (primary N) is 1. The van der Waals surface area contributed by atoms with E-state index in [2.05, 4.69) is 37.5 Å². The number of benzene rings is 3. The molecule has 1 spiro atoms. The number of hydrogen-bond donors (Lipinski definition) is 1. The Balaban J connectivity index is 1.58. The summed E-state index contributed by atoms with van der Waals surface area (Å²) >= 11 is 0.865. The fourth-order valence-corrected chi connectivity index (χ4v) is 6.81. The highest BCUT2D eigenvalue weighted by Crippen LogP contribution is 2.54. The molecular formula is C33H34N4O4S. The van der Waals surface area contributed by atoms with Gasteiger partial charge in [0.25, 0.3) is 5.91 Å². The van der Waals surface area contributed by atoms with E-state index in [4.69, 9.17) is 14.3 Å². The van der Waals surface area contributed by atoms with E-state index < -0.39 is 11.2 Å². The topological polar surface area (TPSA) is 92.2 Å². The van der Waals surface area contributed by atoms with Crippen LogP contribution in [0.4, 0.5) is 11.4 Å². The van der Waals surface area contributed by atoms with Gasteiger partial charge >= 0.3 is 5.63 Å². The van der Waals surface area contributed by atoms with Crippen molar-refractivity contribution >= 4 is 46.1 Å². The van der Waals surface area contributed by atoms with Crippen molar-refractivity contribution in [1.29, 1.82) is 0 Å². The van der Waals surface area contributed by atoms with Gasteiger partial charge < -0.3 is 19.0 Å². The maximum atomic E-state index is 13.7. The molecule has 1 aromatic heterocycles. The molecular weight excluding hydrogens is 548 g/mol. The average Bonchev–Trinajstić information content (AvgIpc) is 3.24. The number of ether oxygens (including phenoxy) is 1. The molecule has 1 unspecified atom stereocenters. The molecule has 0 saturated heterocycles. The summed E-state index contributed by atoms with van der Waals surface area (Å²) in [5.41, 5.74) is 3.24. The molecule has 1 amide bonds. The zero-order chi connectivity index (χ0) is 29.6. The Morgan fingerprint density at radius 2 is 1.48 bits per heavy atom. The summed E-state index contributed by atoms with van der Waals surface area (Å²) < 4.78 is 14.0. The fourth-order valence-electron chi connectivity index (χ4n) is 6.20. The predicted molar refractivity (Wildman–Crippen MR) is 170 cm³/mol. The van der Waals surface area contributed by atoms with Crippen molar-refractivity contribution in [2.75, 3.05) is 36.0 Å². The highest BCUT2D eigenvalue weighted by atomic mass is 32.2. The molecule has 2 N–H and O–H groups in total. The SMILES string of the molecule is CCN(CC)c1ccc2c(c1)OC(c1cc3ccc(N(CC)CC)cc3oc1=O)=CC21c2ccccc2C(=O)N1SN. The van der Waals surface area contributed by atoms with Crippen LogP contribution in [0.1, 0.15) is 54.7 Å². The molecule has 0 bridgehead atoms. The number of carbonyl (C=O) groups is 1. The Bertz CT molecular complexity index is 1780. The van der Waals surface area contributed by atoms with Gasteiger partial charge in [0.05, 0.1) is 0 Å². The molecule has 216 valence electrons. The fraction of sp³-hybridized carbons (Fsp3) is 0.273. The van der Waals surface area contributed by atoms with E-state index in [0.29, 0.717) is 22.7 Å². The second-order valence-electron chi connectivity index (χ2n) is 10.3. The lowest BCUT2D eigenvalue weighted by molar-refractivity contribution is 0.0846. The standard InChI is InChI=1S/C33H34N4O4S/c1-5-35(6-2)22-14-13-21-17-25(32(39)41-28(21)18-22)30-20-33(26-12-10-9-11-24(26)31(38)37(33)42-34)27-16-15-23(19-29(27)40-30)36(7-3)8-4/h9-20H,5-8,34H2,1-4H3. The number of rotatable bonds is 8. The first-order chi connectivity index (χ1) is 20.4. The molecule has 2 aliphatic heterocycles. The minimum atomic E-state index is -1.09. The van der Waals surface area contributed by atoms with Crippen molar-refractivity contribution < 1.29 is 13.9 Å². The summed E-state index contributed by atoms with van der Waals surface area (Å²) in [6.45, 7) is 11.7. The monoisotopic (exact) mass is 582 g/mol.